The van der Waals surface area contributed by atoms with Crippen LogP contribution in [0.3, 0.4) is 0 Å². The van der Waals surface area contributed by atoms with Crippen molar-refractivity contribution in [3.05, 3.63) is 28.5 Å². The third-order valence-corrected chi connectivity index (χ3v) is 3.91. The third-order valence-electron chi connectivity index (χ3n) is 3.42. The van der Waals surface area contributed by atoms with E-state index < -0.39 is 0 Å². The molecule has 0 aliphatic carbocycles. The monoisotopic (exact) mass is 351 g/mol. The molecule has 5 heteroatoms. The van der Waals surface area contributed by atoms with Crippen LogP contribution in [0.15, 0.2) is 22.7 Å². The highest BCUT2D eigenvalue weighted by Crippen LogP contribution is 2.37. The zero-order valence-corrected chi connectivity index (χ0v) is 14.6. The summed E-state index contributed by atoms with van der Waals surface area (Å²) in [5, 5.41) is 0. The largest absolute Gasteiger partial charge is 0.496 e. The van der Waals surface area contributed by atoms with Gasteiger partial charge in [0.05, 0.1) is 7.11 Å². The van der Waals surface area contributed by atoms with Crippen LogP contribution < -0.4 is 10.5 Å². The van der Waals surface area contributed by atoms with Crippen molar-refractivity contribution in [2.75, 3.05) is 12.8 Å². The van der Waals surface area contributed by atoms with Crippen LogP contribution in [0.4, 0.5) is 5.82 Å². The van der Waals surface area contributed by atoms with Crippen LogP contribution in [0.5, 0.6) is 5.75 Å². The van der Waals surface area contributed by atoms with Gasteiger partial charge in [-0.15, -0.1) is 0 Å². The molecular weight excluding hydrogens is 330 g/mol. The number of benzene rings is 1. The van der Waals surface area contributed by atoms with Crippen LogP contribution in [0.25, 0.3) is 11.3 Å². The highest BCUT2D eigenvalue weighted by atomic mass is 79.9. The van der Waals surface area contributed by atoms with E-state index in [0.717, 1.165) is 40.3 Å². The molecule has 21 heavy (non-hydrogen) atoms. The second-order valence-corrected chi connectivity index (χ2v) is 6.27. The Morgan fingerprint density at radius 3 is 2.67 bits per heavy atom. The molecule has 1 heterocycles. The van der Waals surface area contributed by atoms with Gasteiger partial charge >= 0.3 is 0 Å². The number of hydrogen-bond donors (Lipinski definition) is 1. The Balaban J connectivity index is 2.64. The lowest BCUT2D eigenvalue weighted by Crippen LogP contribution is -2.08. The molecular formula is C16H22BrN3O. The first-order valence-corrected chi connectivity index (χ1v) is 7.98. The first-order chi connectivity index (χ1) is 9.99. The molecule has 1 aromatic carbocycles. The number of ether oxygens (including phenoxy) is 1. The fraction of sp³-hybridized carbons (Fsp3) is 0.438. The van der Waals surface area contributed by atoms with E-state index in [-0.39, 0.29) is 0 Å². The molecule has 0 amide bonds. The second-order valence-electron chi connectivity index (χ2n) is 5.35. The molecule has 0 radical (unpaired) electrons. The highest BCUT2D eigenvalue weighted by molar-refractivity contribution is 9.10. The van der Waals surface area contributed by atoms with Gasteiger partial charge in [-0.3, -0.25) is 0 Å². The molecule has 0 saturated carbocycles. The van der Waals surface area contributed by atoms with Crippen LogP contribution >= 0.6 is 15.9 Å². The zero-order chi connectivity index (χ0) is 15.6. The van der Waals surface area contributed by atoms with E-state index >= 15 is 0 Å². The number of nitrogen functional groups attached to an aromatic ring is 1. The van der Waals surface area contributed by atoms with Gasteiger partial charge in [-0.1, -0.05) is 36.7 Å². The summed E-state index contributed by atoms with van der Waals surface area (Å²) in [5.74, 6) is 2.83. The number of hydrogen-bond acceptors (Lipinski definition) is 3. The van der Waals surface area contributed by atoms with Gasteiger partial charge in [0.1, 0.15) is 23.1 Å². The standard InChI is InChI=1S/C16H22BrN3O/c1-5-8-20-15(18)14(19-16(20)10(2)3)12-9-11(17)6-7-13(12)21-4/h6-7,9-10H,5,8,18H2,1-4H3. The van der Waals surface area contributed by atoms with Gasteiger partial charge < -0.3 is 15.0 Å². The smallest absolute Gasteiger partial charge is 0.131 e. The van der Waals surface area contributed by atoms with E-state index in [1.54, 1.807) is 7.11 Å². The average molecular weight is 352 g/mol. The van der Waals surface area contributed by atoms with Crippen LogP contribution in [0.1, 0.15) is 38.9 Å². The lowest BCUT2D eigenvalue weighted by molar-refractivity contribution is 0.416. The van der Waals surface area contributed by atoms with E-state index in [0.29, 0.717) is 11.7 Å². The normalized spacial score (nSPS) is 11.1. The molecule has 2 rings (SSSR count). The second kappa shape index (κ2) is 6.52. The van der Waals surface area contributed by atoms with Gasteiger partial charge in [0.15, 0.2) is 0 Å². The van der Waals surface area contributed by atoms with E-state index in [9.17, 15) is 0 Å². The van der Waals surface area contributed by atoms with E-state index in [1.807, 2.05) is 18.2 Å². The Labute approximate surface area is 134 Å². The quantitative estimate of drug-likeness (QED) is 0.866. The summed E-state index contributed by atoms with van der Waals surface area (Å²) in [6, 6.07) is 5.87. The lowest BCUT2D eigenvalue weighted by atomic mass is 10.1. The fourth-order valence-corrected chi connectivity index (χ4v) is 2.81. The molecule has 0 fully saturated rings. The van der Waals surface area contributed by atoms with Crippen LogP contribution in [0, 0.1) is 0 Å². The summed E-state index contributed by atoms with van der Waals surface area (Å²) < 4.78 is 8.55. The predicted octanol–water partition coefficient (Wildman–Crippen LogP) is 4.44. The molecule has 4 nitrogen and oxygen atoms in total. The Bertz CT molecular complexity index is 635. The topological polar surface area (TPSA) is 53.1 Å². The number of methoxy groups -OCH3 is 1. The van der Waals surface area contributed by atoms with Crippen molar-refractivity contribution in [1.82, 2.24) is 9.55 Å². The van der Waals surface area contributed by atoms with Crippen LogP contribution in [-0.4, -0.2) is 16.7 Å². The van der Waals surface area contributed by atoms with Gasteiger partial charge in [-0.05, 0) is 24.6 Å². The van der Waals surface area contributed by atoms with Crippen molar-refractivity contribution < 1.29 is 4.74 Å². The minimum Gasteiger partial charge on any atom is -0.496 e. The molecule has 2 aromatic rings. The lowest BCUT2D eigenvalue weighted by Gasteiger charge is -2.10. The minimum absolute atomic E-state index is 0.325. The molecule has 0 aliphatic heterocycles. The van der Waals surface area contributed by atoms with Gasteiger partial charge in [-0.2, -0.15) is 0 Å². The summed E-state index contributed by atoms with van der Waals surface area (Å²) in [4.78, 5) is 4.78. The maximum absolute atomic E-state index is 6.36. The molecule has 1 aromatic heterocycles. The van der Waals surface area contributed by atoms with E-state index in [4.69, 9.17) is 15.5 Å². The highest BCUT2D eigenvalue weighted by Gasteiger charge is 2.20. The minimum atomic E-state index is 0.325. The van der Waals surface area contributed by atoms with E-state index in [1.165, 1.54) is 0 Å². The first kappa shape index (κ1) is 15.9. The van der Waals surface area contributed by atoms with Crippen molar-refractivity contribution in [3.63, 3.8) is 0 Å². The molecule has 114 valence electrons. The molecule has 2 N–H and O–H groups in total. The number of nitrogens with zero attached hydrogens (tertiary/aromatic N) is 2. The number of aromatic nitrogens is 2. The van der Waals surface area contributed by atoms with Crippen molar-refractivity contribution in [1.29, 1.82) is 0 Å². The number of anilines is 1. The molecule has 0 aliphatic rings. The molecule has 0 atom stereocenters. The summed E-state index contributed by atoms with van der Waals surface area (Å²) in [6.45, 7) is 7.29. The third kappa shape index (κ3) is 3.07. The van der Waals surface area contributed by atoms with Gasteiger partial charge in [-0.25, -0.2) is 4.98 Å². The molecule has 0 unspecified atom stereocenters. The van der Waals surface area contributed by atoms with Crippen molar-refractivity contribution in [2.45, 2.75) is 39.7 Å². The number of rotatable bonds is 5. The van der Waals surface area contributed by atoms with E-state index in [2.05, 4.69) is 41.3 Å². The number of nitrogens with two attached hydrogens (primary N) is 1. The first-order valence-electron chi connectivity index (χ1n) is 7.19. The van der Waals surface area contributed by atoms with Gasteiger partial charge in [0.25, 0.3) is 0 Å². The Morgan fingerprint density at radius 1 is 1.38 bits per heavy atom. The summed E-state index contributed by atoms with van der Waals surface area (Å²) in [6.07, 6.45) is 1.02. The maximum Gasteiger partial charge on any atom is 0.131 e. The fourth-order valence-electron chi connectivity index (χ4n) is 2.45. The summed E-state index contributed by atoms with van der Waals surface area (Å²) in [7, 11) is 1.66. The number of imidazole rings is 1. The molecule has 0 bridgehead atoms. The SMILES string of the molecule is CCCn1c(C(C)C)nc(-c2cc(Br)ccc2OC)c1N. The van der Waals surface area contributed by atoms with Gasteiger partial charge in [0, 0.05) is 22.5 Å². The van der Waals surface area contributed by atoms with Crippen LogP contribution in [0.2, 0.25) is 0 Å². The molecule has 0 spiro atoms. The Kier molecular flexibility index (Phi) is 4.93. The van der Waals surface area contributed by atoms with Crippen molar-refractivity contribution >= 4 is 21.7 Å². The van der Waals surface area contributed by atoms with Crippen LogP contribution in [-0.2, 0) is 6.54 Å². The summed E-state index contributed by atoms with van der Waals surface area (Å²) in [5.41, 5.74) is 8.08. The Hall–Kier alpha value is -1.49. The van der Waals surface area contributed by atoms with Gasteiger partial charge in [0.2, 0.25) is 0 Å². The predicted molar refractivity (Wildman–Crippen MR) is 90.7 cm³/mol. The summed E-state index contributed by atoms with van der Waals surface area (Å²) >= 11 is 3.50. The Morgan fingerprint density at radius 2 is 2.10 bits per heavy atom. The van der Waals surface area contributed by atoms with Crippen molar-refractivity contribution in [2.24, 2.45) is 0 Å². The average Bonchev–Trinajstić information content (AvgIpc) is 2.77. The zero-order valence-electron chi connectivity index (χ0n) is 13.0. The maximum atomic E-state index is 6.36. The number of halogens is 1. The van der Waals surface area contributed by atoms with Crippen molar-refractivity contribution in [3.8, 4) is 17.0 Å². The molecule has 0 saturated heterocycles.